The molecule has 0 fully saturated rings. The van der Waals surface area contributed by atoms with Gasteiger partial charge in [-0.05, 0) is 13.0 Å². The number of alkyl halides is 3. The predicted molar refractivity (Wildman–Crippen MR) is 45.6 cm³/mol. The summed E-state index contributed by atoms with van der Waals surface area (Å²) in [7, 11) is 0. The molecular weight excluding hydrogens is 222 g/mol. The quantitative estimate of drug-likeness (QED) is 0.534. The Morgan fingerprint density at radius 1 is 1.36 bits per heavy atom. The number of hydrogen-bond donors (Lipinski definition) is 1. The molecule has 1 aromatic carbocycles. The van der Waals surface area contributed by atoms with Crippen LogP contribution in [0.5, 0.6) is 0 Å². The molecule has 0 radical (unpaired) electrons. The highest BCUT2D eigenvalue weighted by atomic mass is 35.5. The molecule has 0 saturated carbocycles. The maximum absolute atomic E-state index is 13.0. The van der Waals surface area contributed by atoms with E-state index in [1.807, 2.05) is 0 Å². The molecule has 6 heteroatoms. The van der Waals surface area contributed by atoms with Crippen LogP contribution in [-0.4, -0.2) is 0 Å². The van der Waals surface area contributed by atoms with Gasteiger partial charge in [0, 0.05) is 5.56 Å². The number of nitrogens with two attached hydrogens (primary N) is 1. The molecular formula is C8H6ClF4N. The van der Waals surface area contributed by atoms with E-state index in [4.69, 9.17) is 17.3 Å². The molecule has 0 atom stereocenters. The fourth-order valence-corrected chi connectivity index (χ4v) is 1.49. The number of hydrogen-bond acceptors (Lipinski definition) is 1. The minimum atomic E-state index is -4.67. The second-order valence-corrected chi connectivity index (χ2v) is 3.17. The molecule has 0 amide bonds. The Morgan fingerprint density at radius 3 is 2.29 bits per heavy atom. The van der Waals surface area contributed by atoms with Crippen molar-refractivity contribution in [1.82, 2.24) is 0 Å². The van der Waals surface area contributed by atoms with Gasteiger partial charge in [0.05, 0.1) is 16.3 Å². The third kappa shape index (κ3) is 1.77. The van der Waals surface area contributed by atoms with E-state index in [0.717, 1.165) is 13.0 Å². The maximum atomic E-state index is 13.0. The Hall–Kier alpha value is -0.970. The SMILES string of the molecule is Cc1c(F)c(N)cc(Cl)c1C(F)(F)F. The average Bonchev–Trinajstić information content (AvgIpc) is 1.97. The largest absolute Gasteiger partial charge is 0.418 e. The van der Waals surface area contributed by atoms with Crippen LogP contribution in [0.25, 0.3) is 0 Å². The van der Waals surface area contributed by atoms with E-state index in [1.165, 1.54) is 0 Å². The van der Waals surface area contributed by atoms with Crippen LogP contribution in [0.1, 0.15) is 11.1 Å². The second-order valence-electron chi connectivity index (χ2n) is 2.76. The van der Waals surface area contributed by atoms with Crippen molar-refractivity contribution in [3.63, 3.8) is 0 Å². The lowest BCUT2D eigenvalue weighted by Gasteiger charge is -2.13. The molecule has 0 bridgehead atoms. The third-order valence-corrected chi connectivity index (χ3v) is 2.06. The van der Waals surface area contributed by atoms with E-state index in [1.54, 1.807) is 0 Å². The molecule has 0 saturated heterocycles. The van der Waals surface area contributed by atoms with Crippen LogP contribution in [0, 0.1) is 12.7 Å². The van der Waals surface area contributed by atoms with Crippen LogP contribution in [-0.2, 0) is 6.18 Å². The van der Waals surface area contributed by atoms with Crippen molar-refractivity contribution in [3.8, 4) is 0 Å². The summed E-state index contributed by atoms with van der Waals surface area (Å²) in [5, 5.41) is -0.589. The van der Waals surface area contributed by atoms with Gasteiger partial charge in [0.2, 0.25) is 0 Å². The van der Waals surface area contributed by atoms with E-state index >= 15 is 0 Å². The molecule has 2 N–H and O–H groups in total. The van der Waals surface area contributed by atoms with Gasteiger partial charge in [0.1, 0.15) is 5.82 Å². The Bertz CT molecular complexity index is 373. The zero-order valence-electron chi connectivity index (χ0n) is 7.04. The molecule has 0 aliphatic rings. The summed E-state index contributed by atoms with van der Waals surface area (Å²) in [6.07, 6.45) is -4.67. The Labute approximate surface area is 82.5 Å². The van der Waals surface area contributed by atoms with E-state index < -0.39 is 28.1 Å². The molecule has 14 heavy (non-hydrogen) atoms. The van der Waals surface area contributed by atoms with E-state index in [0.29, 0.717) is 0 Å². The molecule has 0 unspecified atom stereocenters. The lowest BCUT2D eigenvalue weighted by molar-refractivity contribution is -0.138. The summed E-state index contributed by atoms with van der Waals surface area (Å²) in [6.45, 7) is 0.987. The maximum Gasteiger partial charge on any atom is 0.418 e. The smallest absolute Gasteiger partial charge is 0.396 e. The van der Waals surface area contributed by atoms with Gasteiger partial charge in [-0.25, -0.2) is 4.39 Å². The van der Waals surface area contributed by atoms with Crippen molar-refractivity contribution in [1.29, 1.82) is 0 Å². The van der Waals surface area contributed by atoms with Crippen LogP contribution in [0.3, 0.4) is 0 Å². The first kappa shape index (κ1) is 11.1. The summed E-state index contributed by atoms with van der Waals surface area (Å²) in [4.78, 5) is 0. The molecule has 0 heterocycles. The average molecular weight is 228 g/mol. The summed E-state index contributed by atoms with van der Waals surface area (Å²) in [6, 6.07) is 0.757. The Morgan fingerprint density at radius 2 is 1.86 bits per heavy atom. The summed E-state index contributed by atoms with van der Waals surface area (Å²) in [5.74, 6) is -1.08. The molecule has 78 valence electrons. The summed E-state index contributed by atoms with van der Waals surface area (Å²) >= 11 is 5.32. The summed E-state index contributed by atoms with van der Waals surface area (Å²) < 4.78 is 50.0. The highest BCUT2D eigenvalue weighted by Crippen LogP contribution is 2.39. The third-order valence-electron chi connectivity index (χ3n) is 1.76. The van der Waals surface area contributed by atoms with Crippen LogP contribution in [0.15, 0.2) is 6.07 Å². The molecule has 0 aliphatic heterocycles. The molecule has 0 spiro atoms. The first-order valence-electron chi connectivity index (χ1n) is 3.56. The van der Waals surface area contributed by atoms with Gasteiger partial charge in [-0.1, -0.05) is 11.6 Å². The van der Waals surface area contributed by atoms with E-state index in [-0.39, 0.29) is 5.69 Å². The fraction of sp³-hybridized carbons (Fsp3) is 0.250. The normalized spacial score (nSPS) is 11.9. The van der Waals surface area contributed by atoms with Gasteiger partial charge in [0.15, 0.2) is 0 Å². The predicted octanol–water partition coefficient (Wildman–Crippen LogP) is 3.39. The van der Waals surface area contributed by atoms with Gasteiger partial charge < -0.3 is 5.73 Å². The van der Waals surface area contributed by atoms with Gasteiger partial charge in [-0.3, -0.25) is 0 Å². The topological polar surface area (TPSA) is 26.0 Å². The minimum absolute atomic E-state index is 0.388. The highest BCUT2D eigenvalue weighted by molar-refractivity contribution is 6.31. The Balaban J connectivity index is 3.53. The number of halogens is 5. The lowest BCUT2D eigenvalue weighted by atomic mass is 10.1. The van der Waals surface area contributed by atoms with Crippen LogP contribution in [0.4, 0.5) is 23.2 Å². The van der Waals surface area contributed by atoms with Crippen molar-refractivity contribution in [2.45, 2.75) is 13.1 Å². The van der Waals surface area contributed by atoms with Gasteiger partial charge in [0.25, 0.3) is 0 Å². The van der Waals surface area contributed by atoms with Crippen LogP contribution >= 0.6 is 11.6 Å². The molecule has 0 aliphatic carbocycles. The first-order valence-corrected chi connectivity index (χ1v) is 3.94. The van der Waals surface area contributed by atoms with E-state index in [2.05, 4.69) is 0 Å². The van der Waals surface area contributed by atoms with Crippen LogP contribution in [0.2, 0.25) is 5.02 Å². The van der Waals surface area contributed by atoms with Crippen molar-refractivity contribution < 1.29 is 17.6 Å². The molecule has 1 rings (SSSR count). The van der Waals surface area contributed by atoms with Crippen LogP contribution < -0.4 is 5.73 Å². The van der Waals surface area contributed by atoms with Crippen molar-refractivity contribution in [2.75, 3.05) is 5.73 Å². The van der Waals surface area contributed by atoms with Gasteiger partial charge >= 0.3 is 6.18 Å². The van der Waals surface area contributed by atoms with Crippen molar-refractivity contribution in [3.05, 3.63) is 28.0 Å². The monoisotopic (exact) mass is 227 g/mol. The molecule has 1 aromatic rings. The fourth-order valence-electron chi connectivity index (χ4n) is 1.13. The highest BCUT2D eigenvalue weighted by Gasteiger charge is 2.36. The zero-order valence-corrected chi connectivity index (χ0v) is 7.80. The number of nitrogen functional groups attached to an aromatic ring is 1. The lowest BCUT2D eigenvalue weighted by Crippen LogP contribution is -2.11. The molecule has 0 aromatic heterocycles. The molecule has 1 nitrogen and oxygen atoms in total. The zero-order chi connectivity index (χ0) is 11.1. The standard InChI is InChI=1S/C8H6ClF4N/c1-3-6(8(11,12)13)4(9)2-5(14)7(3)10/h2H,14H2,1H3. The second kappa shape index (κ2) is 3.31. The van der Waals surface area contributed by atoms with Crippen molar-refractivity contribution in [2.24, 2.45) is 0 Å². The van der Waals surface area contributed by atoms with Gasteiger partial charge in [-0.2, -0.15) is 13.2 Å². The number of anilines is 1. The Kier molecular flexibility index (Phi) is 2.63. The van der Waals surface area contributed by atoms with Crippen molar-refractivity contribution >= 4 is 17.3 Å². The number of benzene rings is 1. The summed E-state index contributed by atoms with van der Waals surface area (Å²) in [5.41, 5.74) is 2.96. The first-order chi connectivity index (χ1) is 6.25. The number of rotatable bonds is 0. The minimum Gasteiger partial charge on any atom is -0.396 e. The van der Waals surface area contributed by atoms with Gasteiger partial charge in [-0.15, -0.1) is 0 Å². The van der Waals surface area contributed by atoms with E-state index in [9.17, 15) is 17.6 Å².